The lowest BCUT2D eigenvalue weighted by atomic mass is 10.2. The largest absolute Gasteiger partial charge is 0.451 e. The molecule has 0 unspecified atom stereocenters. The average Bonchev–Trinajstić information content (AvgIpc) is 2.81. The van der Waals surface area contributed by atoms with E-state index in [0.29, 0.717) is 31.1 Å². The Morgan fingerprint density at radius 2 is 2.00 bits per heavy atom. The molecule has 0 amide bonds. The number of nitrogen functional groups attached to an aromatic ring is 1. The molecule has 8 heteroatoms. The number of benzene rings is 1. The van der Waals surface area contributed by atoms with Crippen LogP contribution < -0.4 is 5.73 Å². The second kappa shape index (κ2) is 5.03. The number of hydrogen-bond donors (Lipinski definition) is 1. The summed E-state index contributed by atoms with van der Waals surface area (Å²) in [6, 6.07) is 7.46. The van der Waals surface area contributed by atoms with Gasteiger partial charge in [0.2, 0.25) is 5.82 Å². The Hall–Kier alpha value is -2.09. The predicted molar refractivity (Wildman–Crippen MR) is 70.0 cm³/mol. The molecule has 112 valence electrons. The first-order chi connectivity index (χ1) is 9.93. The molecule has 1 aromatic heterocycles. The van der Waals surface area contributed by atoms with Crippen LogP contribution in [0.5, 0.6) is 0 Å². The molecule has 1 aromatic carbocycles. The van der Waals surface area contributed by atoms with Gasteiger partial charge < -0.3 is 10.3 Å². The number of halogens is 3. The van der Waals surface area contributed by atoms with Crippen LogP contribution in [0.15, 0.2) is 24.3 Å². The highest BCUT2D eigenvalue weighted by Gasteiger charge is 2.39. The van der Waals surface area contributed by atoms with Gasteiger partial charge in [-0.25, -0.2) is 0 Å². The van der Waals surface area contributed by atoms with Gasteiger partial charge in [-0.05, 0) is 17.7 Å². The summed E-state index contributed by atoms with van der Waals surface area (Å²) in [5.41, 5.74) is 7.42. The number of rotatable bonds is 2. The predicted octanol–water partition coefficient (Wildman–Crippen LogP) is 1.89. The molecule has 0 bridgehead atoms. The highest BCUT2D eigenvalue weighted by Crippen LogP contribution is 2.29. The van der Waals surface area contributed by atoms with Crippen molar-refractivity contribution in [1.82, 2.24) is 19.7 Å². The molecule has 0 aliphatic carbocycles. The van der Waals surface area contributed by atoms with E-state index in [0.717, 1.165) is 10.1 Å². The lowest BCUT2D eigenvalue weighted by molar-refractivity contribution is -0.148. The van der Waals surface area contributed by atoms with Crippen LogP contribution in [-0.4, -0.2) is 26.2 Å². The maximum Gasteiger partial charge on any atom is 0.451 e. The Bertz CT molecular complexity index is 649. The molecular weight excluding hydrogens is 283 g/mol. The fraction of sp³-hybridized carbons (Fsp3) is 0.385. The van der Waals surface area contributed by atoms with Crippen molar-refractivity contribution in [3.05, 3.63) is 41.5 Å². The van der Waals surface area contributed by atoms with E-state index in [1.165, 1.54) is 0 Å². The van der Waals surface area contributed by atoms with Gasteiger partial charge in [-0.1, -0.05) is 12.1 Å². The Labute approximate surface area is 119 Å². The standard InChI is InChI=1S/C13H14F3N5/c14-13(15,16)12-19-18-11-8-20(4-5-21(11)12)7-9-2-1-3-10(17)6-9/h1-3,6H,4-5,7-8,17H2. The SMILES string of the molecule is Nc1cccc(CN2CCn3c(nnc3C(F)(F)F)C2)c1. The first kappa shape index (κ1) is 13.9. The van der Waals surface area contributed by atoms with Crippen LogP contribution in [0.1, 0.15) is 17.2 Å². The van der Waals surface area contributed by atoms with Gasteiger partial charge in [-0.3, -0.25) is 4.90 Å². The molecule has 0 saturated heterocycles. The topological polar surface area (TPSA) is 60.0 Å². The average molecular weight is 297 g/mol. The van der Waals surface area contributed by atoms with E-state index in [1.807, 2.05) is 23.1 Å². The molecule has 21 heavy (non-hydrogen) atoms. The maximum atomic E-state index is 12.7. The van der Waals surface area contributed by atoms with Crippen molar-refractivity contribution in [1.29, 1.82) is 0 Å². The van der Waals surface area contributed by atoms with E-state index >= 15 is 0 Å². The van der Waals surface area contributed by atoms with Gasteiger partial charge in [-0.2, -0.15) is 13.2 Å². The summed E-state index contributed by atoms with van der Waals surface area (Å²) in [5.74, 6) is -0.571. The van der Waals surface area contributed by atoms with E-state index in [1.54, 1.807) is 6.07 Å². The molecule has 0 saturated carbocycles. The van der Waals surface area contributed by atoms with Crippen molar-refractivity contribution in [2.45, 2.75) is 25.8 Å². The van der Waals surface area contributed by atoms with Crippen molar-refractivity contribution in [3.63, 3.8) is 0 Å². The lowest BCUT2D eigenvalue weighted by Gasteiger charge is -2.27. The first-order valence-corrected chi connectivity index (χ1v) is 6.49. The molecule has 2 aromatic rings. The monoisotopic (exact) mass is 297 g/mol. The van der Waals surface area contributed by atoms with Gasteiger partial charge in [0, 0.05) is 25.3 Å². The summed E-state index contributed by atoms with van der Waals surface area (Å²) in [5, 5.41) is 6.93. The van der Waals surface area contributed by atoms with Crippen LogP contribution in [0, 0.1) is 0 Å². The number of nitrogens with two attached hydrogens (primary N) is 1. The minimum atomic E-state index is -4.46. The second-order valence-electron chi connectivity index (χ2n) is 5.04. The zero-order valence-electron chi connectivity index (χ0n) is 11.1. The molecule has 0 fully saturated rings. The molecule has 3 rings (SSSR count). The Morgan fingerprint density at radius 1 is 1.19 bits per heavy atom. The molecule has 1 aliphatic heterocycles. The van der Waals surface area contributed by atoms with Crippen LogP contribution in [0.4, 0.5) is 18.9 Å². The van der Waals surface area contributed by atoms with E-state index in [2.05, 4.69) is 10.2 Å². The van der Waals surface area contributed by atoms with Gasteiger partial charge in [0.15, 0.2) is 0 Å². The Balaban J connectivity index is 1.75. The number of aromatic nitrogens is 3. The van der Waals surface area contributed by atoms with Gasteiger partial charge in [-0.15, -0.1) is 10.2 Å². The fourth-order valence-corrected chi connectivity index (χ4v) is 2.50. The third-order valence-corrected chi connectivity index (χ3v) is 3.44. The highest BCUT2D eigenvalue weighted by molar-refractivity contribution is 5.40. The van der Waals surface area contributed by atoms with Crippen molar-refractivity contribution in [3.8, 4) is 0 Å². The van der Waals surface area contributed by atoms with E-state index < -0.39 is 12.0 Å². The molecule has 0 spiro atoms. The van der Waals surface area contributed by atoms with Crippen molar-refractivity contribution >= 4 is 5.69 Å². The molecule has 2 heterocycles. The van der Waals surface area contributed by atoms with Crippen molar-refractivity contribution in [2.75, 3.05) is 12.3 Å². The third kappa shape index (κ3) is 2.85. The molecule has 0 atom stereocenters. The highest BCUT2D eigenvalue weighted by atomic mass is 19.4. The first-order valence-electron chi connectivity index (χ1n) is 6.49. The number of hydrogen-bond acceptors (Lipinski definition) is 4. The lowest BCUT2D eigenvalue weighted by Crippen LogP contribution is -2.34. The van der Waals surface area contributed by atoms with Gasteiger partial charge >= 0.3 is 6.18 Å². The summed E-state index contributed by atoms with van der Waals surface area (Å²) in [6.07, 6.45) is -4.46. The summed E-state index contributed by atoms with van der Waals surface area (Å²) in [7, 11) is 0. The number of fused-ring (bicyclic) bond motifs is 1. The molecule has 5 nitrogen and oxygen atoms in total. The minimum absolute atomic E-state index is 0.236. The number of nitrogens with zero attached hydrogens (tertiary/aromatic N) is 4. The van der Waals surface area contributed by atoms with E-state index in [9.17, 15) is 13.2 Å². The van der Waals surface area contributed by atoms with Gasteiger partial charge in [0.05, 0.1) is 6.54 Å². The molecule has 2 N–H and O–H groups in total. The molecule has 0 radical (unpaired) electrons. The van der Waals surface area contributed by atoms with Crippen molar-refractivity contribution in [2.24, 2.45) is 0 Å². The van der Waals surface area contributed by atoms with Crippen molar-refractivity contribution < 1.29 is 13.2 Å². The zero-order chi connectivity index (χ0) is 15.0. The Kier molecular flexibility index (Phi) is 3.32. The van der Waals surface area contributed by atoms with Crippen LogP contribution in [0.3, 0.4) is 0 Å². The van der Waals surface area contributed by atoms with E-state index in [4.69, 9.17) is 5.73 Å². The third-order valence-electron chi connectivity index (χ3n) is 3.44. The fourth-order valence-electron chi connectivity index (χ4n) is 2.50. The maximum absolute atomic E-state index is 12.7. The minimum Gasteiger partial charge on any atom is -0.399 e. The normalized spacial score (nSPS) is 16.0. The number of anilines is 1. The zero-order valence-corrected chi connectivity index (χ0v) is 11.1. The molecular formula is C13H14F3N5. The van der Waals surface area contributed by atoms with Crippen LogP contribution in [0.25, 0.3) is 0 Å². The van der Waals surface area contributed by atoms with E-state index in [-0.39, 0.29) is 6.54 Å². The van der Waals surface area contributed by atoms with Gasteiger partial charge in [0.25, 0.3) is 0 Å². The van der Waals surface area contributed by atoms with Crippen LogP contribution in [0.2, 0.25) is 0 Å². The second-order valence-corrected chi connectivity index (χ2v) is 5.04. The van der Waals surface area contributed by atoms with Gasteiger partial charge in [0.1, 0.15) is 5.82 Å². The quantitative estimate of drug-likeness (QED) is 0.860. The van der Waals surface area contributed by atoms with Crippen LogP contribution >= 0.6 is 0 Å². The van der Waals surface area contributed by atoms with Crippen LogP contribution in [-0.2, 0) is 25.8 Å². The molecule has 1 aliphatic rings. The number of alkyl halides is 3. The Morgan fingerprint density at radius 3 is 2.71 bits per heavy atom. The summed E-state index contributed by atoms with van der Waals surface area (Å²) < 4.78 is 39.4. The summed E-state index contributed by atoms with van der Waals surface area (Å²) >= 11 is 0. The summed E-state index contributed by atoms with van der Waals surface area (Å²) in [6.45, 7) is 1.72. The summed E-state index contributed by atoms with van der Waals surface area (Å²) in [4.78, 5) is 2.03. The smallest absolute Gasteiger partial charge is 0.399 e.